The highest BCUT2D eigenvalue weighted by atomic mass is 16.4. The zero-order valence-corrected chi connectivity index (χ0v) is 7.24. The summed E-state index contributed by atoms with van der Waals surface area (Å²) in [6, 6.07) is 3.57. The lowest BCUT2D eigenvalue weighted by Gasteiger charge is -1.90. The standard InChI is InChI=1S/C10H9NO2/c1-8-7-9(5-6-11-8)3-2-4-10(12)13/h5-7H,4H2,1H3,(H,12,13). The second-order valence-electron chi connectivity index (χ2n) is 2.56. The molecule has 1 heterocycles. The Bertz CT molecular complexity index is 374. The molecule has 1 aromatic rings. The highest BCUT2D eigenvalue weighted by Crippen LogP contribution is 1.97. The molecule has 0 atom stereocenters. The molecule has 1 N–H and O–H groups in total. The van der Waals surface area contributed by atoms with Crippen molar-refractivity contribution in [2.24, 2.45) is 0 Å². The zero-order chi connectivity index (χ0) is 9.68. The molecular weight excluding hydrogens is 166 g/mol. The van der Waals surface area contributed by atoms with Crippen molar-refractivity contribution >= 4 is 5.97 Å². The summed E-state index contributed by atoms with van der Waals surface area (Å²) in [5, 5.41) is 8.33. The minimum absolute atomic E-state index is 0.124. The molecule has 0 saturated heterocycles. The van der Waals surface area contributed by atoms with E-state index in [1.165, 1.54) is 0 Å². The van der Waals surface area contributed by atoms with Crippen molar-refractivity contribution in [3.63, 3.8) is 0 Å². The second-order valence-corrected chi connectivity index (χ2v) is 2.56. The Morgan fingerprint density at radius 3 is 3.08 bits per heavy atom. The maximum absolute atomic E-state index is 10.1. The van der Waals surface area contributed by atoms with E-state index in [1.54, 1.807) is 12.3 Å². The molecule has 66 valence electrons. The molecule has 0 amide bonds. The lowest BCUT2D eigenvalue weighted by molar-refractivity contribution is -0.135. The van der Waals surface area contributed by atoms with Crippen LogP contribution in [0.1, 0.15) is 17.7 Å². The summed E-state index contributed by atoms with van der Waals surface area (Å²) in [6.07, 6.45) is 1.53. The highest BCUT2D eigenvalue weighted by Gasteiger charge is 1.90. The number of aromatic nitrogens is 1. The number of hydrogen-bond acceptors (Lipinski definition) is 2. The molecule has 0 spiro atoms. The lowest BCUT2D eigenvalue weighted by Crippen LogP contribution is -1.90. The minimum Gasteiger partial charge on any atom is -0.481 e. The van der Waals surface area contributed by atoms with Crippen LogP contribution in [-0.4, -0.2) is 16.1 Å². The largest absolute Gasteiger partial charge is 0.481 e. The Morgan fingerprint density at radius 1 is 1.69 bits per heavy atom. The van der Waals surface area contributed by atoms with Crippen molar-refractivity contribution < 1.29 is 9.90 Å². The van der Waals surface area contributed by atoms with Gasteiger partial charge in [0.25, 0.3) is 0 Å². The van der Waals surface area contributed by atoms with Crippen LogP contribution in [0.25, 0.3) is 0 Å². The summed E-state index contributed by atoms with van der Waals surface area (Å²) < 4.78 is 0. The Balaban J connectivity index is 2.72. The third-order valence-corrected chi connectivity index (χ3v) is 1.37. The number of carbonyl (C=O) groups is 1. The molecule has 0 fully saturated rings. The summed E-state index contributed by atoms with van der Waals surface area (Å²) >= 11 is 0. The van der Waals surface area contributed by atoms with Crippen molar-refractivity contribution in [3.05, 3.63) is 29.6 Å². The van der Waals surface area contributed by atoms with Crippen LogP contribution >= 0.6 is 0 Å². The van der Waals surface area contributed by atoms with Gasteiger partial charge in [0.05, 0.1) is 0 Å². The molecule has 1 aromatic heterocycles. The predicted molar refractivity (Wildman–Crippen MR) is 48.1 cm³/mol. The normalized spacial score (nSPS) is 8.69. The fraction of sp³-hybridized carbons (Fsp3) is 0.200. The molecule has 3 heteroatoms. The zero-order valence-electron chi connectivity index (χ0n) is 7.24. The van der Waals surface area contributed by atoms with E-state index in [2.05, 4.69) is 16.8 Å². The Morgan fingerprint density at radius 2 is 2.46 bits per heavy atom. The van der Waals surface area contributed by atoms with Gasteiger partial charge in [-0.1, -0.05) is 11.8 Å². The van der Waals surface area contributed by atoms with Gasteiger partial charge < -0.3 is 5.11 Å². The number of aliphatic carboxylic acids is 1. The van der Waals surface area contributed by atoms with Gasteiger partial charge in [-0.2, -0.15) is 0 Å². The van der Waals surface area contributed by atoms with Gasteiger partial charge in [0.1, 0.15) is 6.42 Å². The van der Waals surface area contributed by atoms with Crippen LogP contribution in [0.4, 0.5) is 0 Å². The summed E-state index contributed by atoms with van der Waals surface area (Å²) in [7, 11) is 0. The summed E-state index contributed by atoms with van der Waals surface area (Å²) in [4.78, 5) is 14.1. The average Bonchev–Trinajstić information content (AvgIpc) is 2.03. The molecular formula is C10H9NO2. The minimum atomic E-state index is -0.904. The average molecular weight is 175 g/mol. The van der Waals surface area contributed by atoms with Crippen molar-refractivity contribution in [1.82, 2.24) is 4.98 Å². The molecule has 0 radical (unpaired) electrons. The lowest BCUT2D eigenvalue weighted by atomic mass is 10.2. The Labute approximate surface area is 76.4 Å². The van der Waals surface area contributed by atoms with Crippen molar-refractivity contribution in [3.8, 4) is 11.8 Å². The number of nitrogens with zero attached hydrogens (tertiary/aromatic N) is 1. The van der Waals surface area contributed by atoms with Crippen LogP contribution in [0.3, 0.4) is 0 Å². The van der Waals surface area contributed by atoms with Gasteiger partial charge in [-0.25, -0.2) is 0 Å². The van der Waals surface area contributed by atoms with E-state index in [4.69, 9.17) is 5.11 Å². The number of hydrogen-bond donors (Lipinski definition) is 1. The Kier molecular flexibility index (Phi) is 3.04. The molecule has 0 saturated carbocycles. The molecule has 13 heavy (non-hydrogen) atoms. The van der Waals surface area contributed by atoms with E-state index >= 15 is 0 Å². The van der Waals surface area contributed by atoms with Crippen LogP contribution in [0.2, 0.25) is 0 Å². The summed E-state index contributed by atoms with van der Waals surface area (Å²) in [5.41, 5.74) is 1.68. The van der Waals surface area contributed by atoms with Gasteiger partial charge in [0.2, 0.25) is 0 Å². The molecule has 0 unspecified atom stereocenters. The van der Waals surface area contributed by atoms with Gasteiger partial charge in [0.15, 0.2) is 0 Å². The van der Waals surface area contributed by atoms with Crippen LogP contribution in [0, 0.1) is 18.8 Å². The molecule has 0 aliphatic rings. The van der Waals surface area contributed by atoms with Gasteiger partial charge in [-0.05, 0) is 19.1 Å². The first-order valence-corrected chi connectivity index (χ1v) is 3.82. The smallest absolute Gasteiger partial charge is 0.315 e. The van der Waals surface area contributed by atoms with Crippen molar-refractivity contribution in [1.29, 1.82) is 0 Å². The molecule has 0 bridgehead atoms. The third-order valence-electron chi connectivity index (χ3n) is 1.37. The molecule has 1 rings (SSSR count). The number of pyridine rings is 1. The van der Waals surface area contributed by atoms with Crippen LogP contribution in [-0.2, 0) is 4.79 Å². The van der Waals surface area contributed by atoms with Crippen LogP contribution < -0.4 is 0 Å². The Hall–Kier alpha value is -1.82. The van der Waals surface area contributed by atoms with E-state index in [-0.39, 0.29) is 6.42 Å². The second kappa shape index (κ2) is 4.27. The summed E-state index contributed by atoms with van der Waals surface area (Å²) in [5.74, 6) is 4.39. The first-order valence-electron chi connectivity index (χ1n) is 3.82. The van der Waals surface area contributed by atoms with E-state index in [0.29, 0.717) is 0 Å². The van der Waals surface area contributed by atoms with Gasteiger partial charge >= 0.3 is 5.97 Å². The first-order chi connectivity index (χ1) is 6.18. The van der Waals surface area contributed by atoms with E-state index in [9.17, 15) is 4.79 Å². The number of carboxylic acid groups (broad SMARTS) is 1. The maximum Gasteiger partial charge on any atom is 0.315 e. The van der Waals surface area contributed by atoms with E-state index < -0.39 is 5.97 Å². The van der Waals surface area contributed by atoms with Gasteiger partial charge in [-0.3, -0.25) is 9.78 Å². The number of rotatable bonds is 1. The van der Waals surface area contributed by atoms with Gasteiger partial charge in [-0.15, -0.1) is 0 Å². The topological polar surface area (TPSA) is 50.2 Å². The molecule has 3 nitrogen and oxygen atoms in total. The summed E-state index contributed by atoms with van der Waals surface area (Å²) in [6.45, 7) is 1.86. The van der Waals surface area contributed by atoms with E-state index in [0.717, 1.165) is 11.3 Å². The fourth-order valence-corrected chi connectivity index (χ4v) is 0.845. The quantitative estimate of drug-likeness (QED) is 0.653. The van der Waals surface area contributed by atoms with E-state index in [1.807, 2.05) is 13.0 Å². The number of aryl methyl sites for hydroxylation is 1. The monoisotopic (exact) mass is 175 g/mol. The van der Waals surface area contributed by atoms with Crippen molar-refractivity contribution in [2.75, 3.05) is 0 Å². The third kappa shape index (κ3) is 3.39. The molecule has 0 aliphatic carbocycles. The molecule has 0 aromatic carbocycles. The maximum atomic E-state index is 10.1. The SMILES string of the molecule is Cc1cc(C#CCC(=O)O)ccn1. The van der Waals surface area contributed by atoms with Crippen LogP contribution in [0.15, 0.2) is 18.3 Å². The first kappa shape index (κ1) is 9.27. The van der Waals surface area contributed by atoms with Crippen LogP contribution in [0.5, 0.6) is 0 Å². The fourth-order valence-electron chi connectivity index (χ4n) is 0.845. The number of carboxylic acids is 1. The molecule has 0 aliphatic heterocycles. The highest BCUT2D eigenvalue weighted by molar-refractivity contribution is 5.70. The predicted octanol–water partition coefficient (Wildman–Crippen LogP) is 1.22. The van der Waals surface area contributed by atoms with Crippen molar-refractivity contribution in [2.45, 2.75) is 13.3 Å². The van der Waals surface area contributed by atoms with Gasteiger partial charge in [0, 0.05) is 17.5 Å².